The molecule has 0 bridgehead atoms. The summed E-state index contributed by atoms with van der Waals surface area (Å²) in [5.41, 5.74) is 8.14. The largest absolute Gasteiger partial charge is 0.790 e. The zero-order valence-corrected chi connectivity index (χ0v) is 69.3. The number of nitrogens with two attached hydrogens (primary N) is 2. The van der Waals surface area contributed by atoms with Gasteiger partial charge in [0.25, 0.3) is 31.3 Å². The number of nitrogen functional groups attached to an aromatic ring is 2. The summed E-state index contributed by atoms with van der Waals surface area (Å²) in [4.78, 5) is 192. The van der Waals surface area contributed by atoms with E-state index in [-0.39, 0.29) is 89.6 Å². The number of unbranched alkanes of at least 4 members (excludes halogenated alkanes) is 4. The van der Waals surface area contributed by atoms with Gasteiger partial charge in [0, 0.05) is 67.8 Å². The summed E-state index contributed by atoms with van der Waals surface area (Å²) in [6, 6.07) is 0. The van der Waals surface area contributed by atoms with Crippen LogP contribution in [0.5, 0.6) is 0 Å². The van der Waals surface area contributed by atoms with Crippen LogP contribution < -0.4 is 71.9 Å². The number of imidazole rings is 2. The molecular weight excluding hydrogens is 1700 g/mol. The van der Waals surface area contributed by atoms with Gasteiger partial charge in [-0.2, -0.15) is 0 Å². The van der Waals surface area contributed by atoms with Crippen molar-refractivity contribution >= 4 is 138 Å². The van der Waals surface area contributed by atoms with Crippen molar-refractivity contribution in [3.05, 3.63) is 61.8 Å². The van der Waals surface area contributed by atoms with Gasteiger partial charge in [-0.25, -0.2) is 38.5 Å². The van der Waals surface area contributed by atoms with E-state index in [1.54, 1.807) is 12.2 Å². The lowest BCUT2D eigenvalue weighted by Crippen LogP contribution is -2.46. The number of aromatic nitrogens is 8. The molecule has 6 rings (SSSR count). The Labute approximate surface area is 665 Å². The Balaban J connectivity index is 0.000000411. The van der Waals surface area contributed by atoms with E-state index < -0.39 is 169 Å². The standard InChI is InChI=1S/C30H48N7O17P3S.C29H48N7O17P3S/c1-4-5-6-7-8-9-10-21(39)58-14-13-32-20(38)11-12-33-28(42)25(41)30(2,3)16-51-57(48,49)54-56(46,47)50-15-19-24(53-55(43,44)45)23(40)29(52-19)37-18-36-22-26(31)34-17-35-27(22)37;1-4-5-6-7-8-9-20(38)57-13-12-31-19(37)10-11-32-27(41)24(40)29(2,3)15-50-56(47,48)53-55(45,46)49-14-18-23(52-54(42,43)44)22(39)28(51-18)36-17-35-21-25(30)33-16-34-26(21)36/h7-10,17-19,23-25,29,40-41H,4-6,11-16H2,1-3H3,(H,32,38)(H,33,42)(H,46,47)(H,48,49)(H2,31,34,35)(H2,43,44,45);7-8,16-18,22-24,28,39-40H,4-6,9-15H2,1-3H3,(H,31,37)(H,32,41)(H,45,46)(H,47,48)(H2,30,33,34)(H2,42,43,44)/p-8/b8-7-,10-9+;8-7+. The number of carbonyl (C=O) groups is 6. The number of amides is 4. The molecule has 0 aromatic carbocycles. The minimum absolute atomic E-state index is 0.0208. The third-order valence-corrected chi connectivity index (χ3v) is 23.6. The number of nitrogens with one attached hydrogen (secondary N) is 4. The molecule has 648 valence electrons. The number of anilines is 2. The quantitative estimate of drug-likeness (QED) is 0.00681. The van der Waals surface area contributed by atoms with Gasteiger partial charge in [-0.15, -0.1) is 0 Å². The minimum atomic E-state index is -5.92. The molecule has 0 aliphatic carbocycles. The van der Waals surface area contributed by atoms with E-state index in [4.69, 9.17) is 20.9 Å². The molecule has 4 amide bonds. The molecule has 14 atom stereocenters. The second kappa shape index (κ2) is 45.7. The second-order valence-electron chi connectivity index (χ2n) is 26.1. The maximum absolute atomic E-state index is 12.5. The van der Waals surface area contributed by atoms with Crippen molar-refractivity contribution in [2.45, 2.75) is 161 Å². The fourth-order valence-corrected chi connectivity index (χ4v) is 16.6. The molecule has 6 heterocycles. The summed E-state index contributed by atoms with van der Waals surface area (Å²) in [5, 5.41) is 52.2. The van der Waals surface area contributed by atoms with E-state index in [9.17, 15) is 116 Å². The third-order valence-electron chi connectivity index (χ3n) is 15.8. The van der Waals surface area contributed by atoms with Crippen LogP contribution >= 0.6 is 70.5 Å². The van der Waals surface area contributed by atoms with E-state index in [1.165, 1.54) is 33.8 Å². The zero-order chi connectivity index (χ0) is 85.9. The molecule has 115 heavy (non-hydrogen) atoms. The maximum Gasteiger partial charge on any atom is 0.274 e. The molecule has 0 radical (unpaired) electrons. The van der Waals surface area contributed by atoms with Crippen molar-refractivity contribution in [3.8, 4) is 0 Å². The van der Waals surface area contributed by atoms with Crippen molar-refractivity contribution in [2.75, 3.05) is 75.6 Å². The SMILES string of the molecule is CCCC/C=C/CC(=O)SCCNC(=O)CCNC(=O)C(O)C(C)(C)COP(=O)([O-])OP(=O)([O-])OCC1OC(n2cnc3c(N)ncnc32)C(O)C1OP(=O)([O-])[O-].CCCC/C=C\C=C\C(=O)SCCNC(=O)CCNC(=O)C(O)C(C)(C)COP(=O)([O-])OP(=O)([O-])OCC1OC(n2cnc3c(N)ncnc32)C(O)C1OP(=O)([O-])[O-]. The highest BCUT2D eigenvalue weighted by Gasteiger charge is 2.49. The number of phosphoric ester groups is 6. The number of hydrogen-bond donors (Lipinski definition) is 10. The van der Waals surface area contributed by atoms with Crippen LogP contribution in [0.25, 0.3) is 22.3 Å². The first kappa shape index (κ1) is 99.9. The van der Waals surface area contributed by atoms with Crippen LogP contribution in [-0.4, -0.2) is 206 Å². The molecule has 14 unspecified atom stereocenters. The van der Waals surface area contributed by atoms with Gasteiger partial charge in [-0.1, -0.05) is 121 Å². The number of nitrogens with zero attached hydrogens (tertiary/aromatic N) is 8. The van der Waals surface area contributed by atoms with Crippen LogP contribution in [0.4, 0.5) is 11.6 Å². The van der Waals surface area contributed by atoms with Crippen molar-refractivity contribution in [1.29, 1.82) is 0 Å². The predicted octanol–water partition coefficient (Wildman–Crippen LogP) is -3.29. The molecule has 56 heteroatoms. The van der Waals surface area contributed by atoms with Crippen LogP contribution in [0, 0.1) is 10.8 Å². The lowest BCUT2D eigenvalue weighted by Gasteiger charge is -2.36. The first-order valence-electron chi connectivity index (χ1n) is 34.6. The van der Waals surface area contributed by atoms with Gasteiger partial charge in [0.1, 0.15) is 72.5 Å². The number of hydrogen-bond acceptors (Lipinski definition) is 44. The van der Waals surface area contributed by atoms with Crippen LogP contribution in [0.15, 0.2) is 61.8 Å². The summed E-state index contributed by atoms with van der Waals surface area (Å²) < 4.78 is 121. The molecule has 4 aromatic rings. The van der Waals surface area contributed by atoms with Crippen LogP contribution in [0.3, 0.4) is 0 Å². The number of rotatable bonds is 48. The molecule has 2 fully saturated rings. The van der Waals surface area contributed by atoms with E-state index >= 15 is 0 Å². The molecule has 4 aromatic heterocycles. The monoisotopic (exact) mass is 1790 g/mol. The van der Waals surface area contributed by atoms with Gasteiger partial charge in [0.05, 0.1) is 54.7 Å². The molecule has 48 nitrogen and oxygen atoms in total. The molecule has 0 spiro atoms. The van der Waals surface area contributed by atoms with Gasteiger partial charge in [-0.3, -0.25) is 56.2 Å². The van der Waals surface area contributed by atoms with Crippen LogP contribution in [0.2, 0.25) is 0 Å². The Morgan fingerprint density at radius 1 is 0.565 bits per heavy atom. The normalized spacial score (nSPS) is 21.6. The average Bonchev–Trinajstić information content (AvgIpc) is 1.62. The fourth-order valence-electron chi connectivity index (χ4n) is 9.89. The van der Waals surface area contributed by atoms with E-state index in [1.807, 2.05) is 18.2 Å². The lowest BCUT2D eigenvalue weighted by molar-refractivity contribution is -0.348. The molecule has 2 aliphatic rings. The highest BCUT2D eigenvalue weighted by atomic mass is 32.2. The Bertz CT molecular complexity index is 4320. The highest BCUT2D eigenvalue weighted by Crippen LogP contribution is 2.58. The first-order valence-corrected chi connectivity index (χ1v) is 45.3. The molecular formula is C59H88N14O34P6S2-8. The topological polar surface area (TPSA) is 750 Å². The minimum Gasteiger partial charge on any atom is -0.790 e. The van der Waals surface area contributed by atoms with E-state index in [0.717, 1.165) is 96.5 Å². The first-order chi connectivity index (χ1) is 53.6. The Morgan fingerprint density at radius 3 is 1.37 bits per heavy atom. The predicted molar refractivity (Wildman–Crippen MR) is 388 cm³/mol. The Kier molecular flexibility index (Phi) is 39.7. The summed E-state index contributed by atoms with van der Waals surface area (Å²) in [5.74, 6) is -2.46. The zero-order valence-electron chi connectivity index (χ0n) is 62.3. The van der Waals surface area contributed by atoms with Gasteiger partial charge in [0.15, 0.2) is 40.5 Å². The number of carbonyl (C=O) groups excluding carboxylic acids is 6. The number of aliphatic hydroxyl groups is 4. The van der Waals surface area contributed by atoms with Crippen LogP contribution in [-0.2, 0) is 101 Å². The van der Waals surface area contributed by atoms with E-state index in [0.29, 0.717) is 11.5 Å². The maximum atomic E-state index is 12.5. The number of fused-ring (bicyclic) bond motifs is 2. The summed E-state index contributed by atoms with van der Waals surface area (Å²) in [6.07, 6.45) is 1.76. The van der Waals surface area contributed by atoms with Crippen LogP contribution in [0.1, 0.15) is 112 Å². The number of allylic oxidation sites excluding steroid dienone is 5. The number of phosphoric acid groups is 6. The fraction of sp³-hybridized carbons (Fsp3) is 0.627. The Hall–Kier alpha value is -5.66. The van der Waals surface area contributed by atoms with Gasteiger partial charge >= 0.3 is 0 Å². The average molecular weight is 1790 g/mol. The van der Waals surface area contributed by atoms with Crippen molar-refractivity contribution in [3.63, 3.8) is 0 Å². The Morgan fingerprint density at radius 2 is 0.965 bits per heavy atom. The summed E-state index contributed by atoms with van der Waals surface area (Å²) in [6.45, 7) is 4.33. The van der Waals surface area contributed by atoms with E-state index in [2.05, 4.69) is 101 Å². The summed E-state index contributed by atoms with van der Waals surface area (Å²) in [7, 11) is -35.2. The smallest absolute Gasteiger partial charge is 0.274 e. The van der Waals surface area contributed by atoms with Gasteiger partial charge in [-0.05, 0) is 18.9 Å². The molecule has 2 saturated heterocycles. The highest BCUT2D eigenvalue weighted by molar-refractivity contribution is 8.14. The van der Waals surface area contributed by atoms with Crippen molar-refractivity contribution in [2.24, 2.45) is 10.8 Å². The van der Waals surface area contributed by atoms with Crippen molar-refractivity contribution < 1.29 is 161 Å². The number of ether oxygens (including phenoxy) is 2. The molecule has 0 saturated carbocycles. The number of thioether (sulfide) groups is 2. The third kappa shape index (κ3) is 34.2. The van der Waals surface area contributed by atoms with Crippen molar-refractivity contribution in [1.82, 2.24) is 60.3 Å². The summed E-state index contributed by atoms with van der Waals surface area (Å²) >= 11 is 2.08. The molecule has 12 N–H and O–H groups in total. The molecule has 2 aliphatic heterocycles. The lowest BCUT2D eigenvalue weighted by atomic mass is 9.87. The second-order valence-corrected chi connectivity index (χ2v) is 36.5. The van der Waals surface area contributed by atoms with Gasteiger partial charge in [0.2, 0.25) is 28.7 Å². The van der Waals surface area contributed by atoms with Gasteiger partial charge < -0.3 is 138 Å². The number of aliphatic hydroxyl groups excluding tert-OH is 4.